The fourth-order valence-corrected chi connectivity index (χ4v) is 3.52. The molecule has 17 heavy (non-hydrogen) atoms. The van der Waals surface area contributed by atoms with Crippen molar-refractivity contribution < 1.29 is 8.42 Å². The van der Waals surface area contributed by atoms with Gasteiger partial charge in [0.2, 0.25) is 0 Å². The summed E-state index contributed by atoms with van der Waals surface area (Å²) < 4.78 is 28.3. The number of hydrogen-bond donors (Lipinski definition) is 2. The van der Waals surface area contributed by atoms with Crippen LogP contribution in [0.25, 0.3) is 0 Å². The van der Waals surface area contributed by atoms with Crippen molar-refractivity contribution in [3.63, 3.8) is 0 Å². The number of aromatic nitrogens is 1. The molecule has 0 saturated carbocycles. The third-order valence-corrected chi connectivity index (χ3v) is 4.59. The van der Waals surface area contributed by atoms with Crippen LogP contribution >= 0.6 is 15.9 Å². The summed E-state index contributed by atoms with van der Waals surface area (Å²) in [6, 6.07) is 1.61. The molecule has 2 heterocycles. The molecule has 1 aliphatic rings. The summed E-state index contributed by atoms with van der Waals surface area (Å²) in [4.78, 5) is 3.95. The highest BCUT2D eigenvalue weighted by Gasteiger charge is 2.26. The van der Waals surface area contributed by atoms with Gasteiger partial charge in [0.25, 0.3) is 0 Å². The van der Waals surface area contributed by atoms with Crippen LogP contribution in [-0.2, 0) is 10.2 Å². The lowest BCUT2D eigenvalue weighted by molar-refractivity contribution is 0.482. The highest BCUT2D eigenvalue weighted by Crippen LogP contribution is 2.24. The lowest BCUT2D eigenvalue weighted by Gasteiger charge is -2.16. The van der Waals surface area contributed by atoms with Crippen LogP contribution in [0.3, 0.4) is 0 Å². The van der Waals surface area contributed by atoms with Gasteiger partial charge in [-0.05, 0) is 34.8 Å². The number of anilines is 2. The lowest BCUT2D eigenvalue weighted by atomic mass is 10.4. The Labute approximate surface area is 109 Å². The number of nitrogens with two attached hydrogens (primary N) is 1. The summed E-state index contributed by atoms with van der Waals surface area (Å²) in [5, 5.41) is 0. The largest absolute Gasteiger partial charge is 0.397 e. The molecule has 1 saturated heterocycles. The number of nitrogens with one attached hydrogen (secondary N) is 1. The maximum atomic E-state index is 12.0. The molecule has 1 aliphatic heterocycles. The van der Waals surface area contributed by atoms with Crippen LogP contribution in [0.2, 0.25) is 0 Å². The molecule has 94 valence electrons. The van der Waals surface area contributed by atoms with Gasteiger partial charge in [0.1, 0.15) is 0 Å². The van der Waals surface area contributed by atoms with E-state index in [9.17, 15) is 8.42 Å². The van der Waals surface area contributed by atoms with Crippen LogP contribution in [-0.4, -0.2) is 30.8 Å². The van der Waals surface area contributed by atoms with E-state index in [4.69, 9.17) is 5.73 Å². The molecule has 0 amide bonds. The van der Waals surface area contributed by atoms with Crippen LogP contribution in [0.5, 0.6) is 0 Å². The topological polar surface area (TPSA) is 88.3 Å². The molecule has 8 heteroatoms. The number of nitrogen functional groups attached to an aromatic ring is 1. The first-order chi connectivity index (χ1) is 7.99. The van der Waals surface area contributed by atoms with E-state index >= 15 is 0 Å². The van der Waals surface area contributed by atoms with Gasteiger partial charge in [0, 0.05) is 13.1 Å². The van der Waals surface area contributed by atoms with Crippen LogP contribution in [0.4, 0.5) is 11.5 Å². The molecule has 1 fully saturated rings. The predicted octanol–water partition coefficient (Wildman–Crippen LogP) is 1.18. The van der Waals surface area contributed by atoms with Crippen molar-refractivity contribution in [2.75, 3.05) is 23.5 Å². The van der Waals surface area contributed by atoms with Crippen molar-refractivity contribution in [1.29, 1.82) is 0 Å². The first kappa shape index (κ1) is 12.6. The van der Waals surface area contributed by atoms with Crippen molar-refractivity contribution in [3.05, 3.63) is 16.7 Å². The highest BCUT2D eigenvalue weighted by atomic mass is 79.9. The van der Waals surface area contributed by atoms with Crippen LogP contribution in [0.1, 0.15) is 12.8 Å². The molecule has 0 radical (unpaired) electrons. The molecule has 6 nitrogen and oxygen atoms in total. The van der Waals surface area contributed by atoms with E-state index in [0.717, 1.165) is 12.8 Å². The average Bonchev–Trinajstić information content (AvgIpc) is 2.76. The molecule has 0 unspecified atom stereocenters. The third kappa shape index (κ3) is 2.88. The molecule has 3 N–H and O–H groups in total. The molecule has 2 rings (SSSR count). The molecule has 0 atom stereocenters. The number of rotatable bonds is 3. The van der Waals surface area contributed by atoms with E-state index in [1.165, 1.54) is 10.5 Å². The van der Waals surface area contributed by atoms with Gasteiger partial charge in [0.15, 0.2) is 5.82 Å². The van der Waals surface area contributed by atoms with E-state index in [1.54, 1.807) is 6.07 Å². The van der Waals surface area contributed by atoms with Gasteiger partial charge < -0.3 is 5.73 Å². The standard InChI is InChI=1S/C9H13BrN4O2S/c10-8-5-7(11)6-12-9(8)13-17(15,16)14-3-1-2-4-14/h5-6H,1-4,11H2,(H,12,13). The second kappa shape index (κ2) is 4.79. The molecule has 0 aromatic carbocycles. The monoisotopic (exact) mass is 320 g/mol. The summed E-state index contributed by atoms with van der Waals surface area (Å²) >= 11 is 3.22. The molecule has 1 aromatic rings. The van der Waals surface area contributed by atoms with Gasteiger partial charge in [-0.3, -0.25) is 4.72 Å². The van der Waals surface area contributed by atoms with Gasteiger partial charge in [-0.25, -0.2) is 4.98 Å². The lowest BCUT2D eigenvalue weighted by Crippen LogP contribution is -2.33. The Balaban J connectivity index is 2.19. The minimum Gasteiger partial charge on any atom is -0.397 e. The highest BCUT2D eigenvalue weighted by molar-refractivity contribution is 9.10. The summed E-state index contributed by atoms with van der Waals surface area (Å²) in [5.41, 5.74) is 6.01. The van der Waals surface area contributed by atoms with Crippen molar-refractivity contribution in [1.82, 2.24) is 9.29 Å². The SMILES string of the molecule is Nc1cnc(NS(=O)(=O)N2CCCC2)c(Br)c1. The maximum absolute atomic E-state index is 12.0. The Bertz CT molecular complexity index is 514. The van der Waals surface area contributed by atoms with Gasteiger partial charge in [0.05, 0.1) is 16.4 Å². The quantitative estimate of drug-likeness (QED) is 0.875. The third-order valence-electron chi connectivity index (χ3n) is 2.49. The van der Waals surface area contributed by atoms with Crippen LogP contribution in [0.15, 0.2) is 16.7 Å². The smallest absolute Gasteiger partial charge is 0.302 e. The summed E-state index contributed by atoms with van der Waals surface area (Å²) in [5.74, 6) is 0.256. The van der Waals surface area contributed by atoms with E-state index in [0.29, 0.717) is 23.2 Å². The van der Waals surface area contributed by atoms with Crippen molar-refractivity contribution in [2.45, 2.75) is 12.8 Å². The zero-order valence-corrected chi connectivity index (χ0v) is 11.5. The van der Waals surface area contributed by atoms with E-state index in [-0.39, 0.29) is 5.82 Å². The summed E-state index contributed by atoms with van der Waals surface area (Å²) in [6.07, 6.45) is 3.21. The van der Waals surface area contributed by atoms with E-state index in [2.05, 4.69) is 25.6 Å². The zero-order chi connectivity index (χ0) is 12.5. The van der Waals surface area contributed by atoms with E-state index in [1.807, 2.05) is 0 Å². The maximum Gasteiger partial charge on any atom is 0.302 e. The van der Waals surface area contributed by atoms with Crippen LogP contribution < -0.4 is 10.5 Å². The number of halogens is 1. The average molecular weight is 321 g/mol. The molecular formula is C9H13BrN4O2S. The van der Waals surface area contributed by atoms with Crippen molar-refractivity contribution >= 4 is 37.6 Å². The minimum absolute atomic E-state index is 0.256. The first-order valence-electron chi connectivity index (χ1n) is 5.18. The Morgan fingerprint density at radius 1 is 1.41 bits per heavy atom. The van der Waals surface area contributed by atoms with Crippen LogP contribution in [0, 0.1) is 0 Å². The Morgan fingerprint density at radius 2 is 2.06 bits per heavy atom. The molecule has 0 bridgehead atoms. The Kier molecular flexibility index (Phi) is 3.55. The number of nitrogens with zero attached hydrogens (tertiary/aromatic N) is 2. The first-order valence-corrected chi connectivity index (χ1v) is 7.41. The number of pyridine rings is 1. The minimum atomic E-state index is -3.50. The molecular weight excluding hydrogens is 308 g/mol. The predicted molar refractivity (Wildman–Crippen MR) is 69.7 cm³/mol. The molecule has 1 aromatic heterocycles. The van der Waals surface area contributed by atoms with Crippen molar-refractivity contribution in [2.24, 2.45) is 0 Å². The summed E-state index contributed by atoms with van der Waals surface area (Å²) in [6.45, 7) is 1.11. The fraction of sp³-hybridized carbons (Fsp3) is 0.444. The number of hydrogen-bond acceptors (Lipinski definition) is 4. The normalized spacial score (nSPS) is 17.2. The van der Waals surface area contributed by atoms with Crippen molar-refractivity contribution in [3.8, 4) is 0 Å². The second-order valence-electron chi connectivity index (χ2n) is 3.81. The Morgan fingerprint density at radius 3 is 2.65 bits per heavy atom. The molecule has 0 aliphatic carbocycles. The second-order valence-corrected chi connectivity index (χ2v) is 6.34. The van der Waals surface area contributed by atoms with Gasteiger partial charge >= 0.3 is 10.2 Å². The van der Waals surface area contributed by atoms with Gasteiger partial charge in [-0.15, -0.1) is 0 Å². The van der Waals surface area contributed by atoms with E-state index < -0.39 is 10.2 Å². The van der Waals surface area contributed by atoms with Gasteiger partial charge in [-0.2, -0.15) is 12.7 Å². The molecule has 0 spiro atoms. The zero-order valence-electron chi connectivity index (χ0n) is 9.06. The summed E-state index contributed by atoms with van der Waals surface area (Å²) in [7, 11) is -3.50. The van der Waals surface area contributed by atoms with Gasteiger partial charge in [-0.1, -0.05) is 0 Å². The Hall–Kier alpha value is -0.860. The fourth-order valence-electron chi connectivity index (χ4n) is 1.64.